The summed E-state index contributed by atoms with van der Waals surface area (Å²) in [5.41, 5.74) is 19.5. The third kappa shape index (κ3) is 7.15. The number of halogens is 3. The number of pyridine rings is 1. The predicted molar refractivity (Wildman–Crippen MR) is 195 cm³/mol. The number of amides is 3. The van der Waals surface area contributed by atoms with Gasteiger partial charge >= 0.3 is 12.2 Å². The third-order valence-corrected chi connectivity index (χ3v) is 10.0. The lowest BCUT2D eigenvalue weighted by Crippen LogP contribution is -2.45. The highest BCUT2D eigenvalue weighted by atomic mass is 32.1. The highest BCUT2D eigenvalue weighted by Crippen LogP contribution is 2.42. The maximum atomic E-state index is 13.4. The van der Waals surface area contributed by atoms with Crippen molar-refractivity contribution in [3.63, 3.8) is 0 Å². The molecule has 53 heavy (non-hydrogen) atoms. The van der Waals surface area contributed by atoms with E-state index in [4.69, 9.17) is 21.6 Å². The molecule has 7 rings (SSSR count). The molecular formula is C34H37F3N12O3S. The Hall–Kier alpha value is -5.85. The van der Waals surface area contributed by atoms with Crippen molar-refractivity contribution in [1.29, 1.82) is 0 Å². The van der Waals surface area contributed by atoms with Gasteiger partial charge in [-0.25, -0.2) is 24.4 Å². The molecule has 6 aromatic rings. The second-order valence-electron chi connectivity index (χ2n) is 13.2. The Morgan fingerprint density at radius 3 is 2.51 bits per heavy atom. The van der Waals surface area contributed by atoms with Crippen LogP contribution in [0.5, 0.6) is 0 Å². The first-order valence-electron chi connectivity index (χ1n) is 16.5. The zero-order valence-corrected chi connectivity index (χ0v) is 30.2. The number of alkyl halides is 3. The number of thiazole rings is 1. The molecule has 19 heteroatoms. The summed E-state index contributed by atoms with van der Waals surface area (Å²) >= 11 is 1.14. The number of aromatic nitrogens is 7. The first-order valence-corrected chi connectivity index (χ1v) is 17.3. The summed E-state index contributed by atoms with van der Waals surface area (Å²) in [4.78, 5) is 46.8. The van der Waals surface area contributed by atoms with Gasteiger partial charge in [-0.2, -0.15) is 23.3 Å². The van der Waals surface area contributed by atoms with Gasteiger partial charge in [0.15, 0.2) is 16.4 Å². The zero-order valence-electron chi connectivity index (χ0n) is 29.4. The van der Waals surface area contributed by atoms with Gasteiger partial charge in [0.05, 0.1) is 21.7 Å². The topological polar surface area (TPSA) is 223 Å². The molecule has 0 spiro atoms. The van der Waals surface area contributed by atoms with E-state index in [1.54, 1.807) is 13.0 Å². The van der Waals surface area contributed by atoms with Crippen molar-refractivity contribution < 1.29 is 27.2 Å². The van der Waals surface area contributed by atoms with E-state index in [2.05, 4.69) is 35.3 Å². The van der Waals surface area contributed by atoms with Crippen LogP contribution in [0.3, 0.4) is 0 Å². The average Bonchev–Trinajstić information content (AvgIpc) is 3.89. The van der Waals surface area contributed by atoms with Crippen LogP contribution in [0.25, 0.3) is 43.8 Å². The number of nitrogens with zero attached hydrogens (tertiary/aromatic N) is 8. The molecule has 1 saturated heterocycles. The van der Waals surface area contributed by atoms with Gasteiger partial charge in [-0.15, -0.1) is 0 Å². The lowest BCUT2D eigenvalue weighted by atomic mass is 9.87. The number of nitrogen functional groups attached to an aromatic ring is 2. The first-order chi connectivity index (χ1) is 25.0. The Bertz CT molecular complexity index is 2330. The van der Waals surface area contributed by atoms with Crippen LogP contribution < -0.4 is 22.5 Å². The summed E-state index contributed by atoms with van der Waals surface area (Å²) in [5.74, 6) is -0.160. The Morgan fingerprint density at radius 2 is 1.81 bits per heavy atom. The number of fused-ring (bicyclic) bond motifs is 2. The molecule has 0 radical (unpaired) electrons. The minimum Gasteiger partial charge on any atom is -0.424 e. The van der Waals surface area contributed by atoms with E-state index in [1.165, 1.54) is 23.5 Å². The fraction of sp³-hybridized carbons (Fsp3) is 0.353. The molecule has 6 heterocycles. The number of urea groups is 1. The van der Waals surface area contributed by atoms with Crippen LogP contribution in [0.2, 0.25) is 0 Å². The number of carbonyl (C=O) groups is 2. The van der Waals surface area contributed by atoms with Gasteiger partial charge in [-0.3, -0.25) is 15.1 Å². The average molecular weight is 751 g/mol. The molecule has 3 amide bonds. The molecule has 1 atom stereocenters. The number of oxazole rings is 1. The SMILES string of the molecule is CC(C)n1nc(-c2ccc3oc(N)nc3c2)c2c(N)ncnc21.Cc1nc(NC(=O)N2CCCC2C(N)=O)sc1-c1ccnc(C(C)(C)C(F)(F)F)c1. The second kappa shape index (κ2) is 13.9. The van der Waals surface area contributed by atoms with E-state index < -0.39 is 29.6 Å². The van der Waals surface area contributed by atoms with Crippen molar-refractivity contribution in [3.8, 4) is 21.7 Å². The smallest absolute Gasteiger partial charge is 0.399 e. The lowest BCUT2D eigenvalue weighted by Gasteiger charge is -2.27. The minimum absolute atomic E-state index is 0.104. The summed E-state index contributed by atoms with van der Waals surface area (Å²) in [5, 5.41) is 8.36. The molecule has 0 aliphatic carbocycles. The van der Waals surface area contributed by atoms with Gasteiger partial charge in [0.25, 0.3) is 6.01 Å². The molecule has 15 nitrogen and oxygen atoms in total. The van der Waals surface area contributed by atoms with Crippen LogP contribution in [-0.4, -0.2) is 70.3 Å². The number of nitrogens with two attached hydrogens (primary N) is 3. The molecule has 278 valence electrons. The normalized spacial score (nSPS) is 14.9. The number of benzene rings is 1. The maximum absolute atomic E-state index is 13.4. The maximum Gasteiger partial charge on any atom is 0.399 e. The summed E-state index contributed by atoms with van der Waals surface area (Å²) in [6.07, 6.45) is -0.481. The van der Waals surface area contributed by atoms with E-state index in [0.29, 0.717) is 58.1 Å². The van der Waals surface area contributed by atoms with Gasteiger partial charge in [-0.05, 0) is 83.4 Å². The standard InChI is InChI=1S/C19H22F3N5O2S.C15H15N7O/c1-10-14(11-6-7-24-13(9-11)18(2,3)19(20,21)22)30-16(25-10)26-17(29)27-8-4-5-12(27)15(23)28;1-7(2)22-14-11(13(16)18-6-19-14)12(21-22)8-3-4-10-9(5-8)20-15(17)23-10/h6-7,9,12H,4-5,8H2,1-3H3,(H2,23,28)(H,25,26,29);3-7H,1-2H3,(H2,17,20)(H2,16,18,19). The highest BCUT2D eigenvalue weighted by Gasteiger charge is 2.49. The van der Waals surface area contributed by atoms with Gasteiger partial charge in [0.2, 0.25) is 5.91 Å². The second-order valence-corrected chi connectivity index (χ2v) is 14.2. The molecule has 0 bridgehead atoms. The van der Waals surface area contributed by atoms with Gasteiger partial charge in [-0.1, -0.05) is 11.3 Å². The molecule has 1 fully saturated rings. The van der Waals surface area contributed by atoms with Gasteiger partial charge in [0, 0.05) is 24.3 Å². The van der Waals surface area contributed by atoms with E-state index in [-0.39, 0.29) is 22.9 Å². The third-order valence-electron chi connectivity index (χ3n) is 8.91. The van der Waals surface area contributed by atoms with E-state index in [0.717, 1.165) is 41.8 Å². The molecule has 1 unspecified atom stereocenters. The molecule has 1 aliphatic rings. The van der Waals surface area contributed by atoms with Crippen LogP contribution >= 0.6 is 11.3 Å². The van der Waals surface area contributed by atoms with Crippen molar-refractivity contribution in [2.75, 3.05) is 23.3 Å². The first kappa shape index (κ1) is 36.9. The fourth-order valence-corrected chi connectivity index (χ4v) is 6.85. The van der Waals surface area contributed by atoms with Crippen molar-refractivity contribution in [2.24, 2.45) is 5.73 Å². The van der Waals surface area contributed by atoms with Crippen LogP contribution in [0.4, 0.5) is 34.9 Å². The quantitative estimate of drug-likeness (QED) is 0.150. The van der Waals surface area contributed by atoms with Crippen molar-refractivity contribution in [2.45, 2.75) is 71.1 Å². The monoisotopic (exact) mass is 750 g/mol. The molecule has 7 N–H and O–H groups in total. The van der Waals surface area contributed by atoms with E-state index in [1.807, 2.05) is 36.7 Å². The molecule has 5 aromatic heterocycles. The number of hydrogen-bond donors (Lipinski definition) is 4. The van der Waals surface area contributed by atoms with E-state index in [9.17, 15) is 22.8 Å². The van der Waals surface area contributed by atoms with Crippen LogP contribution in [0, 0.1) is 6.92 Å². The Kier molecular flexibility index (Phi) is 9.71. The predicted octanol–water partition coefficient (Wildman–Crippen LogP) is 6.21. The summed E-state index contributed by atoms with van der Waals surface area (Å²) in [7, 11) is 0. The Morgan fingerprint density at radius 1 is 1.06 bits per heavy atom. The van der Waals surface area contributed by atoms with Gasteiger partial charge in [0.1, 0.15) is 34.8 Å². The number of aryl methyl sites for hydroxylation is 1. The number of hydrogen-bond acceptors (Lipinski definition) is 12. The van der Waals surface area contributed by atoms with Crippen LogP contribution in [0.1, 0.15) is 58.0 Å². The van der Waals surface area contributed by atoms with E-state index >= 15 is 0 Å². The number of anilines is 3. The number of primary amides is 1. The van der Waals surface area contributed by atoms with Crippen molar-refractivity contribution in [3.05, 3.63) is 54.2 Å². The molecule has 1 aliphatic heterocycles. The highest BCUT2D eigenvalue weighted by molar-refractivity contribution is 7.19. The van der Waals surface area contributed by atoms with Crippen molar-refractivity contribution >= 4 is 62.4 Å². The zero-order chi connectivity index (χ0) is 38.4. The van der Waals surface area contributed by atoms with Crippen LogP contribution in [-0.2, 0) is 10.2 Å². The number of carbonyl (C=O) groups excluding carboxylic acids is 2. The van der Waals surface area contributed by atoms with Crippen LogP contribution in [0.15, 0.2) is 47.3 Å². The molecule has 1 aromatic carbocycles. The van der Waals surface area contributed by atoms with Gasteiger partial charge < -0.3 is 26.5 Å². The molecular weight excluding hydrogens is 714 g/mol. The summed E-state index contributed by atoms with van der Waals surface area (Å²) in [6, 6.07) is 7.72. The minimum atomic E-state index is -4.45. The number of nitrogens with one attached hydrogen (secondary N) is 1. The summed E-state index contributed by atoms with van der Waals surface area (Å²) in [6.45, 7) is 8.35. The Balaban J connectivity index is 0.000000187. The largest absolute Gasteiger partial charge is 0.424 e. The number of rotatable bonds is 6. The van der Waals surface area contributed by atoms with Crippen molar-refractivity contribution in [1.82, 2.24) is 39.6 Å². The summed E-state index contributed by atoms with van der Waals surface area (Å²) < 4.78 is 47.3. The molecule has 0 saturated carbocycles. The Labute approximate surface area is 304 Å². The number of likely N-dealkylation sites (tertiary alicyclic amines) is 1. The lowest BCUT2D eigenvalue weighted by molar-refractivity contribution is -0.181. The fourth-order valence-electron chi connectivity index (χ4n) is 5.90.